The lowest BCUT2D eigenvalue weighted by Gasteiger charge is -2.36. The summed E-state index contributed by atoms with van der Waals surface area (Å²) in [7, 11) is -5.39. The van der Waals surface area contributed by atoms with E-state index >= 15 is 0 Å². The average molecular weight is 136 g/mol. The molecule has 5 nitrogen and oxygen atoms in total. The minimum Gasteiger partial charge on any atom is -0.822 e. The monoisotopic (exact) mass is 136 g/mol. The van der Waals surface area contributed by atoms with Crippen molar-refractivity contribution >= 4 is 7.82 Å². The van der Waals surface area contributed by atoms with E-state index in [2.05, 4.69) is 0 Å². The molecule has 0 bridgehead atoms. The van der Waals surface area contributed by atoms with Gasteiger partial charge in [0.05, 0.1) is 6.07 Å². The Morgan fingerprint density at radius 2 is 1.50 bits per heavy atom. The minimum absolute atomic E-state index is 1.43. The standard InChI is InChI=1S/C2H3N.H3O4P/c1-2-3;1-5(2,3)4/h1H3;(H3,1,2,3,4)/p-3. The van der Waals surface area contributed by atoms with Crippen molar-refractivity contribution in [3.8, 4) is 6.07 Å². The van der Waals surface area contributed by atoms with E-state index in [0.717, 1.165) is 0 Å². The third-order valence-electron chi connectivity index (χ3n) is 0. The van der Waals surface area contributed by atoms with Gasteiger partial charge in [-0.15, -0.1) is 0 Å². The molecule has 0 radical (unpaired) electrons. The Morgan fingerprint density at radius 1 is 1.50 bits per heavy atom. The number of nitrogens with zero attached hydrogens (tertiary/aromatic N) is 1. The molecule has 0 atom stereocenters. The van der Waals surface area contributed by atoms with Crippen molar-refractivity contribution in [1.29, 1.82) is 5.26 Å². The highest BCUT2D eigenvalue weighted by atomic mass is 31.2. The molecule has 6 heteroatoms. The van der Waals surface area contributed by atoms with Crippen molar-refractivity contribution in [2.75, 3.05) is 0 Å². The first kappa shape index (κ1) is 10.6. The Balaban J connectivity index is 0. The molecule has 0 aromatic rings. The van der Waals surface area contributed by atoms with Gasteiger partial charge < -0.3 is 19.2 Å². The highest BCUT2D eigenvalue weighted by molar-refractivity contribution is 7.40. The van der Waals surface area contributed by atoms with Crippen LogP contribution in [0.1, 0.15) is 6.92 Å². The molecule has 0 rings (SSSR count). The van der Waals surface area contributed by atoms with Crippen LogP contribution in [-0.2, 0) is 4.57 Å². The van der Waals surface area contributed by atoms with E-state index in [4.69, 9.17) is 24.5 Å². The lowest BCUT2D eigenvalue weighted by Crippen LogP contribution is -2.24. The van der Waals surface area contributed by atoms with Crippen molar-refractivity contribution in [2.24, 2.45) is 0 Å². The van der Waals surface area contributed by atoms with Gasteiger partial charge in [-0.2, -0.15) is 13.1 Å². The smallest absolute Gasteiger partial charge is 0.0587 e. The fourth-order valence-corrected chi connectivity index (χ4v) is 0. The van der Waals surface area contributed by atoms with E-state index in [1.807, 2.05) is 0 Å². The SMILES string of the molecule is CC#N.O=P([O-])([O-])[O-]. The second-order valence-corrected chi connectivity index (χ2v) is 1.57. The maximum atomic E-state index is 8.55. The maximum Gasteiger partial charge on any atom is 0.0587 e. The van der Waals surface area contributed by atoms with Crippen molar-refractivity contribution in [1.82, 2.24) is 0 Å². The number of hydrogen-bond donors (Lipinski definition) is 0. The third kappa shape index (κ3) is 741. The molecule has 0 amide bonds. The number of hydrogen-bond acceptors (Lipinski definition) is 5. The van der Waals surface area contributed by atoms with Gasteiger partial charge >= 0.3 is 0 Å². The zero-order valence-electron chi connectivity index (χ0n) is 4.03. The van der Waals surface area contributed by atoms with Gasteiger partial charge in [-0.05, 0) is 0 Å². The Kier molecular flexibility index (Phi) is 6.27. The number of rotatable bonds is 0. The summed E-state index contributed by atoms with van der Waals surface area (Å²) in [4.78, 5) is 25.6. The van der Waals surface area contributed by atoms with Gasteiger partial charge in [-0.1, -0.05) is 0 Å². The summed E-state index contributed by atoms with van der Waals surface area (Å²) < 4.78 is 8.55. The molecule has 0 spiro atoms. The fourth-order valence-electron chi connectivity index (χ4n) is 0. The molecule has 0 aliphatic heterocycles. The van der Waals surface area contributed by atoms with Gasteiger partial charge in [0, 0.05) is 6.92 Å². The topological polar surface area (TPSA) is 110 Å². The van der Waals surface area contributed by atoms with Gasteiger partial charge in [0.1, 0.15) is 0 Å². The molecule has 0 aliphatic rings. The minimum atomic E-state index is -5.39. The molecular weight excluding hydrogens is 133 g/mol. The highest BCUT2D eigenvalue weighted by Gasteiger charge is 1.44. The maximum absolute atomic E-state index is 8.55. The Labute approximate surface area is 46.4 Å². The second kappa shape index (κ2) is 4.75. The van der Waals surface area contributed by atoms with Crippen molar-refractivity contribution in [3.05, 3.63) is 0 Å². The van der Waals surface area contributed by atoms with Crippen LogP contribution in [0, 0.1) is 11.3 Å². The summed E-state index contributed by atoms with van der Waals surface area (Å²) in [6.07, 6.45) is 0. The zero-order chi connectivity index (χ0) is 7.21. The second-order valence-electron chi connectivity index (χ2n) is 0.671. The zero-order valence-corrected chi connectivity index (χ0v) is 4.92. The van der Waals surface area contributed by atoms with Gasteiger partial charge in [0.15, 0.2) is 0 Å². The van der Waals surface area contributed by atoms with E-state index in [-0.39, 0.29) is 0 Å². The molecule has 0 saturated heterocycles. The molecule has 0 saturated carbocycles. The van der Waals surface area contributed by atoms with Gasteiger partial charge in [0.2, 0.25) is 0 Å². The predicted octanol–water partition coefficient (Wildman–Crippen LogP) is -2.29. The highest BCUT2D eigenvalue weighted by Crippen LogP contribution is 2.03. The molecule has 0 aromatic heterocycles. The molecule has 0 unspecified atom stereocenters. The largest absolute Gasteiger partial charge is 0.822 e. The predicted molar refractivity (Wildman–Crippen MR) is 18.9 cm³/mol. The lowest BCUT2D eigenvalue weighted by molar-refractivity contribution is -0.432. The first-order valence-electron chi connectivity index (χ1n) is 1.45. The van der Waals surface area contributed by atoms with Gasteiger partial charge in [0.25, 0.3) is 0 Å². The summed E-state index contributed by atoms with van der Waals surface area (Å²) in [5.41, 5.74) is 0. The molecule has 0 aliphatic carbocycles. The molecule has 0 heterocycles. The Hall–Kier alpha value is -0.400. The van der Waals surface area contributed by atoms with Crippen molar-refractivity contribution < 1.29 is 19.2 Å². The summed E-state index contributed by atoms with van der Waals surface area (Å²) >= 11 is 0. The summed E-state index contributed by atoms with van der Waals surface area (Å²) in [5, 5.41) is 7.32. The molecular formula is C2H3NO4P-3. The van der Waals surface area contributed by atoms with E-state index in [1.165, 1.54) is 6.92 Å². The Morgan fingerprint density at radius 3 is 1.50 bits per heavy atom. The number of nitriles is 1. The quantitative estimate of drug-likeness (QED) is 0.348. The van der Waals surface area contributed by atoms with E-state index < -0.39 is 7.82 Å². The van der Waals surface area contributed by atoms with Crippen LogP contribution in [0.5, 0.6) is 0 Å². The normalized spacial score (nSPS) is 8.38. The van der Waals surface area contributed by atoms with E-state index in [9.17, 15) is 0 Å². The van der Waals surface area contributed by atoms with Crippen LogP contribution < -0.4 is 14.7 Å². The van der Waals surface area contributed by atoms with Crippen LogP contribution in [-0.4, -0.2) is 0 Å². The molecule has 48 valence electrons. The number of phosphoric acid groups is 1. The van der Waals surface area contributed by atoms with Crippen LogP contribution in [0.25, 0.3) is 0 Å². The third-order valence-corrected chi connectivity index (χ3v) is 0. The molecule has 0 fully saturated rings. The van der Waals surface area contributed by atoms with Crippen molar-refractivity contribution in [2.45, 2.75) is 6.92 Å². The Bertz CT molecular complexity index is 112. The average Bonchev–Trinajstić information content (AvgIpc) is 1.27. The summed E-state index contributed by atoms with van der Waals surface area (Å²) in [6, 6.07) is 1.75. The molecule has 8 heavy (non-hydrogen) atoms. The molecule has 0 N–H and O–H groups in total. The van der Waals surface area contributed by atoms with Crippen LogP contribution in [0.3, 0.4) is 0 Å². The lowest BCUT2D eigenvalue weighted by atomic mass is 11.0. The van der Waals surface area contributed by atoms with Gasteiger partial charge in [-0.25, -0.2) is 0 Å². The first-order valence-corrected chi connectivity index (χ1v) is 2.91. The van der Waals surface area contributed by atoms with Crippen molar-refractivity contribution in [3.63, 3.8) is 0 Å². The summed E-state index contributed by atoms with van der Waals surface area (Å²) in [5.74, 6) is 0. The van der Waals surface area contributed by atoms with Crippen LogP contribution in [0.15, 0.2) is 0 Å². The van der Waals surface area contributed by atoms with Crippen LogP contribution in [0.2, 0.25) is 0 Å². The first-order chi connectivity index (χ1) is 3.41. The fraction of sp³-hybridized carbons (Fsp3) is 0.500. The van der Waals surface area contributed by atoms with Crippen LogP contribution in [0.4, 0.5) is 0 Å². The van der Waals surface area contributed by atoms with Crippen LogP contribution >= 0.6 is 7.82 Å². The van der Waals surface area contributed by atoms with E-state index in [0.29, 0.717) is 0 Å². The van der Waals surface area contributed by atoms with E-state index in [1.54, 1.807) is 6.07 Å². The summed E-state index contributed by atoms with van der Waals surface area (Å²) in [6.45, 7) is 1.43. The molecule has 0 aromatic carbocycles. The van der Waals surface area contributed by atoms with Gasteiger partial charge in [-0.3, -0.25) is 0 Å².